The Kier molecular flexibility index (Phi) is 8.84. The predicted molar refractivity (Wildman–Crippen MR) is 288 cm³/mol. The SMILES string of the molecule is c1ccc(-c2ccc(-c3ccccc3N(c3ccc4c(c3)C3(c5ccccc5-c5ccccc53)c3cccc5c6ccccc6n-4c35)c3ccccc3-c3cccc(-c4ccccc4)c3)cc2)cc1. The molecular formula is C67H44N2. The first-order valence-electron chi connectivity index (χ1n) is 23.9. The highest BCUT2D eigenvalue weighted by atomic mass is 15.1. The Labute approximate surface area is 402 Å². The van der Waals surface area contributed by atoms with Crippen LogP contribution in [-0.4, -0.2) is 4.57 Å². The van der Waals surface area contributed by atoms with Crippen LogP contribution in [0.15, 0.2) is 267 Å². The maximum Gasteiger partial charge on any atom is 0.0755 e. The second kappa shape index (κ2) is 15.6. The molecule has 0 bridgehead atoms. The van der Waals surface area contributed by atoms with Crippen molar-refractivity contribution in [3.05, 3.63) is 289 Å². The molecular weight excluding hydrogens is 833 g/mol. The van der Waals surface area contributed by atoms with E-state index in [2.05, 4.69) is 276 Å². The molecule has 1 aliphatic heterocycles. The fourth-order valence-corrected chi connectivity index (χ4v) is 11.9. The molecule has 0 atom stereocenters. The van der Waals surface area contributed by atoms with E-state index in [0.29, 0.717) is 0 Å². The normalized spacial score (nSPS) is 12.8. The molecule has 0 saturated carbocycles. The van der Waals surface area contributed by atoms with Gasteiger partial charge >= 0.3 is 0 Å². The van der Waals surface area contributed by atoms with Crippen LogP contribution in [0.4, 0.5) is 17.1 Å². The Balaban J connectivity index is 1.06. The summed E-state index contributed by atoms with van der Waals surface area (Å²) in [6.07, 6.45) is 0. The van der Waals surface area contributed by atoms with Crippen molar-refractivity contribution in [2.75, 3.05) is 4.90 Å². The summed E-state index contributed by atoms with van der Waals surface area (Å²) in [7, 11) is 0. The van der Waals surface area contributed by atoms with Crippen molar-refractivity contribution in [1.82, 2.24) is 4.57 Å². The summed E-state index contributed by atoms with van der Waals surface area (Å²) in [6, 6.07) is 98.8. The number of hydrogen-bond donors (Lipinski definition) is 0. The van der Waals surface area contributed by atoms with Gasteiger partial charge in [0, 0.05) is 27.6 Å². The van der Waals surface area contributed by atoms with E-state index >= 15 is 0 Å². The lowest BCUT2D eigenvalue weighted by atomic mass is 9.65. The van der Waals surface area contributed by atoms with E-state index < -0.39 is 5.41 Å². The molecule has 2 nitrogen and oxygen atoms in total. The van der Waals surface area contributed by atoms with E-state index in [1.54, 1.807) is 0 Å². The summed E-state index contributed by atoms with van der Waals surface area (Å²) in [5.41, 5.74) is 23.6. The van der Waals surface area contributed by atoms with Crippen LogP contribution in [-0.2, 0) is 5.41 Å². The lowest BCUT2D eigenvalue weighted by Crippen LogP contribution is -2.33. The zero-order chi connectivity index (χ0) is 45.5. The van der Waals surface area contributed by atoms with Crippen LogP contribution in [0.25, 0.3) is 83.1 Å². The Morgan fingerprint density at radius 3 is 1.46 bits per heavy atom. The van der Waals surface area contributed by atoms with Crippen molar-refractivity contribution >= 4 is 38.9 Å². The molecule has 1 aliphatic carbocycles. The van der Waals surface area contributed by atoms with Crippen LogP contribution in [0.2, 0.25) is 0 Å². The molecule has 1 spiro atoms. The second-order valence-electron chi connectivity index (χ2n) is 18.4. The molecule has 0 N–H and O–H groups in total. The fraction of sp³-hybridized carbons (Fsp3) is 0.0149. The first-order valence-corrected chi connectivity index (χ1v) is 23.9. The average molecular weight is 877 g/mol. The Morgan fingerprint density at radius 2 is 0.768 bits per heavy atom. The number of benzene rings is 11. The molecule has 0 radical (unpaired) electrons. The van der Waals surface area contributed by atoms with Crippen LogP contribution in [0.1, 0.15) is 22.3 Å². The van der Waals surface area contributed by atoms with E-state index in [1.807, 2.05) is 0 Å². The average Bonchev–Trinajstić information content (AvgIpc) is 3.92. The van der Waals surface area contributed by atoms with Crippen LogP contribution in [0.5, 0.6) is 0 Å². The largest absolute Gasteiger partial charge is 0.309 e. The number of fused-ring (bicyclic) bond motifs is 12. The molecule has 2 aliphatic rings. The Hall–Kier alpha value is -8.98. The number of rotatable bonds is 7. The second-order valence-corrected chi connectivity index (χ2v) is 18.4. The van der Waals surface area contributed by atoms with Gasteiger partial charge in [-0.15, -0.1) is 0 Å². The lowest BCUT2D eigenvalue weighted by Gasteiger charge is -2.40. The van der Waals surface area contributed by atoms with Crippen molar-refractivity contribution in [1.29, 1.82) is 0 Å². The third-order valence-electron chi connectivity index (χ3n) is 14.8. The van der Waals surface area contributed by atoms with Gasteiger partial charge in [-0.05, 0) is 109 Å². The topological polar surface area (TPSA) is 8.17 Å². The van der Waals surface area contributed by atoms with Gasteiger partial charge in [-0.1, -0.05) is 224 Å². The van der Waals surface area contributed by atoms with Crippen molar-refractivity contribution in [2.45, 2.75) is 5.41 Å². The van der Waals surface area contributed by atoms with Crippen LogP contribution < -0.4 is 4.90 Å². The molecule has 69 heavy (non-hydrogen) atoms. The van der Waals surface area contributed by atoms with Crippen molar-refractivity contribution in [3.8, 4) is 61.3 Å². The minimum atomic E-state index is -0.593. The maximum atomic E-state index is 2.55. The van der Waals surface area contributed by atoms with E-state index in [4.69, 9.17) is 0 Å². The monoisotopic (exact) mass is 876 g/mol. The lowest BCUT2D eigenvalue weighted by molar-refractivity contribution is 0.748. The Morgan fingerprint density at radius 1 is 0.290 bits per heavy atom. The molecule has 322 valence electrons. The van der Waals surface area contributed by atoms with E-state index in [-0.39, 0.29) is 0 Å². The summed E-state index contributed by atoms with van der Waals surface area (Å²) >= 11 is 0. The highest BCUT2D eigenvalue weighted by molar-refractivity contribution is 6.13. The highest BCUT2D eigenvalue weighted by Crippen LogP contribution is 2.62. The summed E-state index contributed by atoms with van der Waals surface area (Å²) in [5.74, 6) is 0. The third-order valence-corrected chi connectivity index (χ3v) is 14.8. The van der Waals surface area contributed by atoms with Crippen molar-refractivity contribution in [2.24, 2.45) is 0 Å². The van der Waals surface area contributed by atoms with Gasteiger partial charge in [-0.2, -0.15) is 0 Å². The molecule has 0 unspecified atom stereocenters. The molecule has 12 aromatic rings. The van der Waals surface area contributed by atoms with E-state index in [0.717, 1.165) is 39.3 Å². The zero-order valence-corrected chi connectivity index (χ0v) is 37.8. The minimum absolute atomic E-state index is 0.593. The van der Waals surface area contributed by atoms with Crippen LogP contribution >= 0.6 is 0 Å². The minimum Gasteiger partial charge on any atom is -0.309 e. The number of para-hydroxylation sites is 4. The summed E-state index contributed by atoms with van der Waals surface area (Å²) in [6.45, 7) is 0. The van der Waals surface area contributed by atoms with Gasteiger partial charge < -0.3 is 9.47 Å². The van der Waals surface area contributed by atoms with Crippen LogP contribution in [0.3, 0.4) is 0 Å². The fourth-order valence-electron chi connectivity index (χ4n) is 11.9. The van der Waals surface area contributed by atoms with Crippen LogP contribution in [0, 0.1) is 0 Å². The maximum absolute atomic E-state index is 2.55. The third kappa shape index (κ3) is 5.86. The number of nitrogens with zero attached hydrogens (tertiary/aromatic N) is 2. The quantitative estimate of drug-likeness (QED) is 0.155. The van der Waals surface area contributed by atoms with Gasteiger partial charge in [0.15, 0.2) is 0 Å². The Bertz CT molecular complexity index is 3910. The summed E-state index contributed by atoms with van der Waals surface area (Å²) in [5, 5.41) is 2.54. The number of hydrogen-bond acceptors (Lipinski definition) is 1. The van der Waals surface area contributed by atoms with Gasteiger partial charge in [-0.3, -0.25) is 0 Å². The van der Waals surface area contributed by atoms with Gasteiger partial charge in [0.05, 0.1) is 33.5 Å². The predicted octanol–water partition coefficient (Wildman–Crippen LogP) is 17.6. The van der Waals surface area contributed by atoms with Crippen molar-refractivity contribution in [3.63, 3.8) is 0 Å². The van der Waals surface area contributed by atoms with E-state index in [9.17, 15) is 0 Å². The first kappa shape index (κ1) is 39.2. The van der Waals surface area contributed by atoms with Gasteiger partial charge in [0.2, 0.25) is 0 Å². The molecule has 0 amide bonds. The van der Waals surface area contributed by atoms with Gasteiger partial charge in [0.25, 0.3) is 0 Å². The molecule has 0 saturated heterocycles. The van der Waals surface area contributed by atoms with Gasteiger partial charge in [0.1, 0.15) is 0 Å². The summed E-state index contributed by atoms with van der Waals surface area (Å²) < 4.78 is 2.55. The molecule has 1 aromatic heterocycles. The smallest absolute Gasteiger partial charge is 0.0755 e. The zero-order valence-electron chi connectivity index (χ0n) is 37.8. The molecule has 2 heterocycles. The van der Waals surface area contributed by atoms with Crippen molar-refractivity contribution < 1.29 is 0 Å². The summed E-state index contributed by atoms with van der Waals surface area (Å²) in [4.78, 5) is 2.52. The standard InChI is InChI=1S/C67H44N2/c1-3-19-45(20-4-1)47-37-39-48(40-38-47)52-25-9-14-34-62(52)68(63-35-15-10-26-53(63)50-24-17-23-49(43-50)46-21-5-2-6-22-46)51-41-42-65-61(44-51)67(58-31-12-7-27-54(58)55-28-8-13-32-59(55)67)60-33-18-30-57-56-29-11-16-36-64(56)69(65)66(57)60/h1-44H. The molecule has 14 rings (SSSR count). The highest BCUT2D eigenvalue weighted by Gasteiger charge is 2.51. The first-order chi connectivity index (χ1) is 34.3. The van der Waals surface area contributed by atoms with Gasteiger partial charge in [-0.25, -0.2) is 0 Å². The molecule has 11 aromatic carbocycles. The number of aromatic nitrogens is 1. The molecule has 2 heteroatoms. The molecule has 0 fully saturated rings. The van der Waals surface area contributed by atoms with E-state index in [1.165, 1.54) is 83.1 Å². The number of anilines is 3.